The van der Waals surface area contributed by atoms with Crippen LogP contribution < -0.4 is 5.32 Å². The van der Waals surface area contributed by atoms with E-state index < -0.39 is 0 Å². The quantitative estimate of drug-likeness (QED) is 0.756. The van der Waals surface area contributed by atoms with Crippen LogP contribution in [0.1, 0.15) is 70.3 Å². The number of hydrogen-bond donors (Lipinski definition) is 1. The second-order valence-corrected chi connectivity index (χ2v) is 7.01. The Morgan fingerprint density at radius 1 is 1.10 bits per heavy atom. The summed E-state index contributed by atoms with van der Waals surface area (Å²) in [7, 11) is 0. The molecule has 1 aromatic carbocycles. The van der Waals surface area contributed by atoms with E-state index in [0.717, 1.165) is 17.8 Å². The molecule has 2 aliphatic rings. The van der Waals surface area contributed by atoms with Crippen molar-refractivity contribution in [2.24, 2.45) is 11.8 Å². The summed E-state index contributed by atoms with van der Waals surface area (Å²) in [5, 5.41) is 3.65. The molecule has 0 saturated heterocycles. The molecular formula is C19H29N. The first kappa shape index (κ1) is 14.0. The van der Waals surface area contributed by atoms with Crippen molar-refractivity contribution in [3.63, 3.8) is 0 Å². The lowest BCUT2D eigenvalue weighted by atomic mass is 9.71. The van der Waals surface area contributed by atoms with Gasteiger partial charge in [0.25, 0.3) is 0 Å². The van der Waals surface area contributed by atoms with Crippen LogP contribution in [0.2, 0.25) is 0 Å². The van der Waals surface area contributed by atoms with Crippen molar-refractivity contribution in [2.45, 2.75) is 70.8 Å². The second-order valence-electron chi connectivity index (χ2n) is 7.01. The molecule has 4 unspecified atom stereocenters. The molecule has 1 heterocycles. The van der Waals surface area contributed by atoms with E-state index in [9.17, 15) is 0 Å². The van der Waals surface area contributed by atoms with E-state index in [1.54, 1.807) is 5.56 Å². The van der Waals surface area contributed by atoms with Crippen LogP contribution in [-0.2, 0) is 0 Å². The molecule has 0 spiro atoms. The third-order valence-corrected chi connectivity index (χ3v) is 5.62. The van der Waals surface area contributed by atoms with Gasteiger partial charge in [-0.3, -0.25) is 0 Å². The van der Waals surface area contributed by atoms with E-state index in [-0.39, 0.29) is 0 Å². The van der Waals surface area contributed by atoms with Crippen LogP contribution in [0.4, 0.5) is 5.69 Å². The Bertz CT molecular complexity index is 439. The van der Waals surface area contributed by atoms with Crippen molar-refractivity contribution in [3.05, 3.63) is 29.8 Å². The van der Waals surface area contributed by atoms with Crippen LogP contribution in [-0.4, -0.2) is 6.04 Å². The summed E-state index contributed by atoms with van der Waals surface area (Å²) in [5.41, 5.74) is 2.96. The van der Waals surface area contributed by atoms with Gasteiger partial charge >= 0.3 is 0 Å². The molecule has 0 aromatic heterocycles. The molecule has 1 nitrogen and oxygen atoms in total. The molecule has 0 amide bonds. The standard InChI is InChI=1S/C19H29N/c1-3-15-8-4-5-9-16(15)13-17-12-14(2)20-19-11-7-6-10-18(17)19/h6-7,10-11,14-17,20H,3-5,8-9,12-13H2,1-2H3. The first-order chi connectivity index (χ1) is 9.78. The van der Waals surface area contributed by atoms with E-state index >= 15 is 0 Å². The average Bonchev–Trinajstić information content (AvgIpc) is 2.47. The van der Waals surface area contributed by atoms with Crippen LogP contribution in [0.25, 0.3) is 0 Å². The number of rotatable bonds is 3. The zero-order valence-corrected chi connectivity index (χ0v) is 13.1. The lowest BCUT2D eigenvalue weighted by Gasteiger charge is -2.37. The normalized spacial score (nSPS) is 33.3. The van der Waals surface area contributed by atoms with Crippen molar-refractivity contribution >= 4 is 5.69 Å². The summed E-state index contributed by atoms with van der Waals surface area (Å²) < 4.78 is 0. The first-order valence-electron chi connectivity index (χ1n) is 8.63. The van der Waals surface area contributed by atoms with Gasteiger partial charge in [-0.25, -0.2) is 0 Å². The van der Waals surface area contributed by atoms with Crippen LogP contribution in [0.5, 0.6) is 0 Å². The molecule has 20 heavy (non-hydrogen) atoms. The lowest BCUT2D eigenvalue weighted by Crippen LogP contribution is -2.28. The van der Waals surface area contributed by atoms with Crippen LogP contribution >= 0.6 is 0 Å². The fourth-order valence-electron chi connectivity index (χ4n) is 4.58. The maximum Gasteiger partial charge on any atom is 0.0377 e. The van der Waals surface area contributed by atoms with E-state index in [0.29, 0.717) is 6.04 Å². The molecule has 1 saturated carbocycles. The molecule has 3 rings (SSSR count). The van der Waals surface area contributed by atoms with Crippen molar-refractivity contribution in [3.8, 4) is 0 Å². The number of nitrogens with one attached hydrogen (secondary N) is 1. The topological polar surface area (TPSA) is 12.0 Å². The zero-order valence-electron chi connectivity index (χ0n) is 13.1. The minimum absolute atomic E-state index is 0.624. The maximum atomic E-state index is 3.65. The van der Waals surface area contributed by atoms with Crippen molar-refractivity contribution in [1.82, 2.24) is 0 Å². The molecule has 1 fully saturated rings. The molecule has 4 atom stereocenters. The van der Waals surface area contributed by atoms with Gasteiger partial charge in [0.1, 0.15) is 0 Å². The maximum absolute atomic E-state index is 3.65. The number of anilines is 1. The molecule has 0 radical (unpaired) electrons. The first-order valence-corrected chi connectivity index (χ1v) is 8.63. The Balaban J connectivity index is 1.76. The molecule has 1 aromatic rings. The molecular weight excluding hydrogens is 242 g/mol. The van der Waals surface area contributed by atoms with Crippen molar-refractivity contribution in [2.75, 3.05) is 5.32 Å². The molecule has 0 bridgehead atoms. The summed E-state index contributed by atoms with van der Waals surface area (Å²) in [6.45, 7) is 4.73. The molecule has 110 valence electrons. The fourth-order valence-corrected chi connectivity index (χ4v) is 4.58. The summed E-state index contributed by atoms with van der Waals surface area (Å²) >= 11 is 0. The highest BCUT2D eigenvalue weighted by atomic mass is 14.9. The largest absolute Gasteiger partial charge is 0.382 e. The van der Waals surface area contributed by atoms with E-state index in [1.807, 2.05) is 0 Å². The number of benzene rings is 1. The van der Waals surface area contributed by atoms with Gasteiger partial charge in [0, 0.05) is 11.7 Å². The van der Waals surface area contributed by atoms with Crippen molar-refractivity contribution in [1.29, 1.82) is 0 Å². The highest BCUT2D eigenvalue weighted by molar-refractivity contribution is 5.55. The highest BCUT2D eigenvalue weighted by Gasteiger charge is 2.30. The SMILES string of the molecule is CCC1CCCCC1CC1CC(C)Nc2ccccc21. The van der Waals surface area contributed by atoms with Crippen LogP contribution in [0.15, 0.2) is 24.3 Å². The van der Waals surface area contributed by atoms with E-state index in [4.69, 9.17) is 0 Å². The Labute approximate surface area is 124 Å². The Morgan fingerprint density at radius 2 is 1.85 bits per heavy atom. The summed E-state index contributed by atoms with van der Waals surface area (Å²) in [4.78, 5) is 0. The second kappa shape index (κ2) is 6.20. The van der Waals surface area contributed by atoms with Crippen LogP contribution in [0.3, 0.4) is 0 Å². The highest BCUT2D eigenvalue weighted by Crippen LogP contribution is 2.43. The predicted molar refractivity (Wildman–Crippen MR) is 87.2 cm³/mol. The van der Waals surface area contributed by atoms with E-state index in [1.165, 1.54) is 50.6 Å². The van der Waals surface area contributed by atoms with Gasteiger partial charge in [-0.1, -0.05) is 57.2 Å². The van der Waals surface area contributed by atoms with Gasteiger partial charge < -0.3 is 5.32 Å². The van der Waals surface area contributed by atoms with Crippen LogP contribution in [0, 0.1) is 11.8 Å². The number of hydrogen-bond acceptors (Lipinski definition) is 1. The lowest BCUT2D eigenvalue weighted by molar-refractivity contribution is 0.202. The minimum atomic E-state index is 0.624. The molecule has 1 aliphatic carbocycles. The van der Waals surface area contributed by atoms with Gasteiger partial charge in [-0.15, -0.1) is 0 Å². The van der Waals surface area contributed by atoms with Gasteiger partial charge in [-0.2, -0.15) is 0 Å². The molecule has 1 heteroatoms. The summed E-state index contributed by atoms with van der Waals surface area (Å²) in [6, 6.07) is 9.61. The van der Waals surface area contributed by atoms with Gasteiger partial charge in [0.05, 0.1) is 0 Å². The summed E-state index contributed by atoms with van der Waals surface area (Å²) in [6.07, 6.45) is 9.98. The van der Waals surface area contributed by atoms with Gasteiger partial charge in [-0.05, 0) is 49.1 Å². The predicted octanol–water partition coefficient (Wildman–Crippen LogP) is 5.58. The fraction of sp³-hybridized carbons (Fsp3) is 0.684. The monoisotopic (exact) mass is 271 g/mol. The minimum Gasteiger partial charge on any atom is -0.382 e. The number of fused-ring (bicyclic) bond motifs is 1. The third kappa shape index (κ3) is 2.87. The molecule has 1 aliphatic heterocycles. The summed E-state index contributed by atoms with van der Waals surface area (Å²) in [5.74, 6) is 2.73. The Kier molecular flexibility index (Phi) is 4.33. The average molecular weight is 271 g/mol. The van der Waals surface area contributed by atoms with Gasteiger partial charge in [0.2, 0.25) is 0 Å². The smallest absolute Gasteiger partial charge is 0.0377 e. The third-order valence-electron chi connectivity index (χ3n) is 5.62. The molecule has 1 N–H and O–H groups in total. The van der Waals surface area contributed by atoms with E-state index in [2.05, 4.69) is 43.4 Å². The Hall–Kier alpha value is -0.980. The van der Waals surface area contributed by atoms with Crippen molar-refractivity contribution < 1.29 is 0 Å². The zero-order chi connectivity index (χ0) is 13.9. The Morgan fingerprint density at radius 3 is 2.65 bits per heavy atom. The number of para-hydroxylation sites is 1. The van der Waals surface area contributed by atoms with Gasteiger partial charge in [0.15, 0.2) is 0 Å².